The maximum atomic E-state index is 4.51. The SMILES string of the molecule is C=C(/C=C(\C=C/SC)N(c1ccccc1)c1ccc(-c2cc(-c3ccccc3)cc(-c3ccc(N(c4ccccc4)c4ccc5sc6ccccc6c5c4)cc3)c2)cc1)C1=CCCC=C1. The van der Waals surface area contributed by atoms with E-state index >= 15 is 0 Å². The molecule has 0 saturated heterocycles. The summed E-state index contributed by atoms with van der Waals surface area (Å²) in [5.74, 6) is 0. The van der Waals surface area contributed by atoms with Crippen LogP contribution in [-0.2, 0) is 0 Å². The Labute approximate surface area is 391 Å². The molecule has 1 heterocycles. The van der Waals surface area contributed by atoms with Gasteiger partial charge in [-0.2, -0.15) is 0 Å². The number of para-hydroxylation sites is 2. The van der Waals surface area contributed by atoms with E-state index in [1.807, 2.05) is 11.3 Å². The van der Waals surface area contributed by atoms with E-state index in [1.54, 1.807) is 11.8 Å². The Balaban J connectivity index is 1.02. The molecule has 0 bridgehead atoms. The summed E-state index contributed by atoms with van der Waals surface area (Å²) in [5, 5.41) is 4.72. The number of anilines is 5. The number of thioether (sulfide) groups is 1. The van der Waals surface area contributed by atoms with Gasteiger partial charge in [0.15, 0.2) is 0 Å². The van der Waals surface area contributed by atoms with Crippen molar-refractivity contribution in [3.8, 4) is 33.4 Å². The Morgan fingerprint density at radius 3 is 1.66 bits per heavy atom. The van der Waals surface area contributed by atoms with E-state index in [0.717, 1.165) is 74.8 Å². The molecule has 0 aliphatic heterocycles. The lowest BCUT2D eigenvalue weighted by molar-refractivity contribution is 1.02. The summed E-state index contributed by atoms with van der Waals surface area (Å²) in [5.41, 5.74) is 15.7. The molecule has 0 amide bonds. The van der Waals surface area contributed by atoms with Gasteiger partial charge in [-0.15, -0.1) is 23.1 Å². The molecule has 10 rings (SSSR count). The van der Waals surface area contributed by atoms with E-state index in [4.69, 9.17) is 0 Å². The van der Waals surface area contributed by atoms with E-state index in [0.29, 0.717) is 0 Å². The largest absolute Gasteiger partial charge is 0.310 e. The van der Waals surface area contributed by atoms with Crippen LogP contribution in [0.4, 0.5) is 28.4 Å². The van der Waals surface area contributed by atoms with Gasteiger partial charge in [-0.3, -0.25) is 0 Å². The predicted molar refractivity (Wildman–Crippen MR) is 285 cm³/mol. The fraction of sp³-hybridized carbons (Fsp3) is 0.0492. The zero-order valence-corrected chi connectivity index (χ0v) is 38.0. The first-order valence-electron chi connectivity index (χ1n) is 22.1. The van der Waals surface area contributed by atoms with Crippen LogP contribution >= 0.6 is 23.1 Å². The van der Waals surface area contributed by atoms with Gasteiger partial charge in [-0.05, 0) is 172 Å². The molecule has 8 aromatic carbocycles. The first-order valence-corrected chi connectivity index (χ1v) is 24.2. The monoisotopic (exact) mass is 872 g/mol. The van der Waals surface area contributed by atoms with Gasteiger partial charge in [0.05, 0.1) is 0 Å². The lowest BCUT2D eigenvalue weighted by atomic mass is 9.93. The summed E-state index contributed by atoms with van der Waals surface area (Å²) in [6.07, 6.45) is 15.3. The van der Waals surface area contributed by atoms with E-state index in [-0.39, 0.29) is 0 Å². The summed E-state index contributed by atoms with van der Waals surface area (Å²) >= 11 is 3.54. The third-order valence-corrected chi connectivity index (χ3v) is 13.5. The van der Waals surface area contributed by atoms with Gasteiger partial charge < -0.3 is 9.80 Å². The minimum atomic E-state index is 0.999. The van der Waals surface area contributed by atoms with Crippen LogP contribution in [0.25, 0.3) is 53.6 Å². The van der Waals surface area contributed by atoms with Crippen molar-refractivity contribution >= 4 is 71.7 Å². The molecule has 0 fully saturated rings. The molecular weight excluding hydrogens is 825 g/mol. The minimum absolute atomic E-state index is 0.999. The molecule has 65 heavy (non-hydrogen) atoms. The Morgan fingerprint density at radius 1 is 0.508 bits per heavy atom. The average Bonchev–Trinajstić information content (AvgIpc) is 3.75. The van der Waals surface area contributed by atoms with Crippen LogP contribution in [0.3, 0.4) is 0 Å². The molecule has 4 heteroatoms. The Bertz CT molecular complexity index is 3230. The van der Waals surface area contributed by atoms with Crippen molar-refractivity contribution < 1.29 is 0 Å². The lowest BCUT2D eigenvalue weighted by Gasteiger charge is -2.27. The quantitative estimate of drug-likeness (QED) is 0.107. The minimum Gasteiger partial charge on any atom is -0.310 e. The molecule has 0 saturated carbocycles. The number of hydrogen-bond donors (Lipinski definition) is 0. The third kappa shape index (κ3) is 9.05. The number of hydrogen-bond acceptors (Lipinski definition) is 4. The highest BCUT2D eigenvalue weighted by Crippen LogP contribution is 2.42. The summed E-state index contributed by atoms with van der Waals surface area (Å²) in [4.78, 5) is 4.68. The zero-order chi connectivity index (χ0) is 44.0. The number of rotatable bonds is 13. The first kappa shape index (κ1) is 41.6. The Kier molecular flexibility index (Phi) is 12.3. The standard InChI is InChI=1S/C61H48N2S2/c1-44(45-17-7-3-8-18-45)39-57(37-38-64-2)63(53-23-13-6-14-24-53)55-33-29-48(30-34-55)51-41-49(46-19-9-4-10-20-46)40-50(42-51)47-27-31-54(32-28-47)62(52-21-11-5-12-22-52)56-35-36-61-59(43-56)58-25-15-16-26-60(58)65-61/h4-7,9-43H,1,3,8H2,2H3/b38-37-,57-39+. The highest BCUT2D eigenvalue weighted by atomic mass is 32.2. The van der Waals surface area contributed by atoms with Gasteiger partial charge in [0, 0.05) is 54.3 Å². The zero-order valence-electron chi connectivity index (χ0n) is 36.3. The van der Waals surface area contributed by atoms with Crippen molar-refractivity contribution in [3.63, 3.8) is 0 Å². The third-order valence-electron chi connectivity index (χ3n) is 11.9. The molecule has 0 spiro atoms. The molecule has 314 valence electrons. The van der Waals surface area contributed by atoms with Crippen molar-refractivity contribution in [1.82, 2.24) is 0 Å². The number of thiophene rings is 1. The maximum absolute atomic E-state index is 4.51. The normalized spacial score (nSPS) is 12.8. The van der Waals surface area contributed by atoms with Crippen LogP contribution in [-0.4, -0.2) is 6.26 Å². The summed E-state index contributed by atoms with van der Waals surface area (Å²) < 4.78 is 2.61. The maximum Gasteiger partial charge on any atom is 0.0472 e. The Hall–Kier alpha value is -7.37. The molecule has 1 aromatic heterocycles. The van der Waals surface area contributed by atoms with Crippen molar-refractivity contribution in [2.45, 2.75) is 12.8 Å². The summed E-state index contributed by atoms with van der Waals surface area (Å²) in [6.45, 7) is 4.51. The summed E-state index contributed by atoms with van der Waals surface area (Å²) in [7, 11) is 0. The van der Waals surface area contributed by atoms with Crippen LogP contribution in [0.15, 0.2) is 259 Å². The van der Waals surface area contributed by atoms with Gasteiger partial charge in [0.2, 0.25) is 0 Å². The fourth-order valence-corrected chi connectivity index (χ4v) is 10.1. The molecule has 9 aromatic rings. The molecular formula is C61H48N2S2. The van der Waals surface area contributed by atoms with Gasteiger partial charge in [0.1, 0.15) is 0 Å². The number of nitrogens with zero attached hydrogens (tertiary/aromatic N) is 2. The van der Waals surface area contributed by atoms with Crippen molar-refractivity contribution in [3.05, 3.63) is 259 Å². The molecule has 2 nitrogen and oxygen atoms in total. The van der Waals surface area contributed by atoms with Crippen LogP contribution < -0.4 is 9.80 Å². The van der Waals surface area contributed by atoms with Crippen LogP contribution in [0.2, 0.25) is 0 Å². The molecule has 0 atom stereocenters. The molecule has 0 N–H and O–H groups in total. The van der Waals surface area contributed by atoms with Crippen molar-refractivity contribution in [2.75, 3.05) is 16.1 Å². The molecule has 0 unspecified atom stereocenters. The van der Waals surface area contributed by atoms with Gasteiger partial charge in [-0.1, -0.05) is 134 Å². The van der Waals surface area contributed by atoms with E-state index in [2.05, 4.69) is 259 Å². The van der Waals surface area contributed by atoms with E-state index in [1.165, 1.54) is 36.9 Å². The Morgan fingerprint density at radius 2 is 1.03 bits per heavy atom. The van der Waals surface area contributed by atoms with Crippen LogP contribution in [0, 0.1) is 0 Å². The highest BCUT2D eigenvalue weighted by Gasteiger charge is 2.18. The number of fused-ring (bicyclic) bond motifs is 3. The molecule has 1 aliphatic carbocycles. The van der Waals surface area contributed by atoms with Gasteiger partial charge >= 0.3 is 0 Å². The van der Waals surface area contributed by atoms with E-state index in [9.17, 15) is 0 Å². The smallest absolute Gasteiger partial charge is 0.0472 e. The van der Waals surface area contributed by atoms with Gasteiger partial charge in [-0.25, -0.2) is 0 Å². The van der Waals surface area contributed by atoms with E-state index < -0.39 is 0 Å². The predicted octanol–water partition coefficient (Wildman–Crippen LogP) is 18.3. The fourth-order valence-electron chi connectivity index (χ4n) is 8.70. The highest BCUT2D eigenvalue weighted by molar-refractivity contribution is 8.01. The molecule has 0 radical (unpaired) electrons. The topological polar surface area (TPSA) is 6.48 Å². The van der Waals surface area contributed by atoms with Crippen LogP contribution in [0.5, 0.6) is 0 Å². The second-order valence-electron chi connectivity index (χ2n) is 16.2. The molecule has 1 aliphatic rings. The first-order chi connectivity index (χ1) is 32.1. The lowest BCUT2D eigenvalue weighted by Crippen LogP contribution is -2.15. The van der Waals surface area contributed by atoms with Crippen LogP contribution in [0.1, 0.15) is 12.8 Å². The average molecular weight is 873 g/mol. The van der Waals surface area contributed by atoms with Crippen molar-refractivity contribution in [1.29, 1.82) is 0 Å². The second-order valence-corrected chi connectivity index (χ2v) is 18.0. The number of benzene rings is 8. The summed E-state index contributed by atoms with van der Waals surface area (Å²) in [6, 6.07) is 72.6. The van der Waals surface area contributed by atoms with Gasteiger partial charge in [0.25, 0.3) is 0 Å². The van der Waals surface area contributed by atoms with Crippen molar-refractivity contribution in [2.24, 2.45) is 0 Å². The number of allylic oxidation sites excluding steroid dienone is 7. The second kappa shape index (κ2) is 19.2.